The van der Waals surface area contributed by atoms with Gasteiger partial charge < -0.3 is 0 Å². The van der Waals surface area contributed by atoms with Crippen molar-refractivity contribution in [1.29, 1.82) is 0 Å². The molecule has 0 aliphatic carbocycles. The molecule has 8 heavy (non-hydrogen) atoms. The van der Waals surface area contributed by atoms with Crippen LogP contribution < -0.4 is 17.2 Å². The van der Waals surface area contributed by atoms with Crippen LogP contribution in [0.15, 0.2) is 0 Å². The molecule has 3 radical (unpaired) electrons. The standard InChI is InChI=1S/C4H12GeN3/c5-3-1-2-4(6,7)8/h1-3,6-8H2. The molecule has 6 N–H and O–H groups in total. The Hall–Kier alpha value is 0.423. The minimum atomic E-state index is -0.948. The summed E-state index contributed by atoms with van der Waals surface area (Å²) < 4.78 is 0. The second kappa shape index (κ2) is 3.45. The van der Waals surface area contributed by atoms with E-state index in [1.165, 1.54) is 0 Å². The molecule has 0 aromatic heterocycles. The topological polar surface area (TPSA) is 78.1 Å². The average Bonchev–Trinajstić information content (AvgIpc) is 1.59. The first-order valence-corrected chi connectivity index (χ1v) is 4.06. The van der Waals surface area contributed by atoms with E-state index in [0.717, 1.165) is 11.7 Å². The summed E-state index contributed by atoms with van der Waals surface area (Å²) in [6.07, 6.45) is 1.70. The van der Waals surface area contributed by atoms with Crippen molar-refractivity contribution in [3.8, 4) is 0 Å². The maximum absolute atomic E-state index is 5.28. The molecule has 0 aromatic rings. The van der Waals surface area contributed by atoms with Gasteiger partial charge in [0.05, 0.1) is 0 Å². The first kappa shape index (κ1) is 8.42. The van der Waals surface area contributed by atoms with Crippen LogP contribution >= 0.6 is 0 Å². The molecule has 0 aliphatic heterocycles. The second-order valence-electron chi connectivity index (χ2n) is 1.97. The van der Waals surface area contributed by atoms with Crippen molar-refractivity contribution in [3.63, 3.8) is 0 Å². The zero-order valence-corrected chi connectivity index (χ0v) is 6.95. The molecular formula is C4H12GeN3. The Morgan fingerprint density at radius 2 is 1.75 bits per heavy atom. The van der Waals surface area contributed by atoms with Gasteiger partial charge in [-0.15, -0.1) is 0 Å². The van der Waals surface area contributed by atoms with E-state index >= 15 is 0 Å². The van der Waals surface area contributed by atoms with Gasteiger partial charge in [0.15, 0.2) is 0 Å². The van der Waals surface area contributed by atoms with E-state index in [9.17, 15) is 0 Å². The van der Waals surface area contributed by atoms with E-state index in [2.05, 4.69) is 16.5 Å². The van der Waals surface area contributed by atoms with Crippen LogP contribution in [0.3, 0.4) is 0 Å². The Kier molecular flexibility index (Phi) is 3.63. The molecule has 0 amide bonds. The first-order valence-electron chi connectivity index (χ1n) is 2.57. The molecule has 0 unspecified atom stereocenters. The Morgan fingerprint density at radius 3 is 1.88 bits per heavy atom. The zero-order valence-electron chi connectivity index (χ0n) is 4.85. The third kappa shape index (κ3) is 6.42. The summed E-state index contributed by atoms with van der Waals surface area (Å²) in [5.41, 5.74) is 15.8. The summed E-state index contributed by atoms with van der Waals surface area (Å²) in [5, 5.41) is 1.09. The van der Waals surface area contributed by atoms with Crippen LogP contribution in [0.5, 0.6) is 0 Å². The molecule has 3 nitrogen and oxygen atoms in total. The molecule has 0 fully saturated rings. The molecule has 0 atom stereocenters. The van der Waals surface area contributed by atoms with Crippen LogP contribution in [0.2, 0.25) is 5.25 Å². The third-order valence-electron chi connectivity index (χ3n) is 0.787. The van der Waals surface area contributed by atoms with Crippen LogP contribution in [0.25, 0.3) is 0 Å². The molecule has 0 bridgehead atoms. The maximum atomic E-state index is 5.28. The average molecular weight is 175 g/mol. The van der Waals surface area contributed by atoms with Crippen molar-refractivity contribution < 1.29 is 0 Å². The molecule has 0 rings (SSSR count). The predicted molar refractivity (Wildman–Crippen MR) is 35.1 cm³/mol. The molecule has 0 saturated carbocycles. The van der Waals surface area contributed by atoms with Gasteiger partial charge in [0.2, 0.25) is 0 Å². The Balaban J connectivity index is 3.11. The Labute approximate surface area is 58.2 Å². The quantitative estimate of drug-likeness (QED) is 0.375. The van der Waals surface area contributed by atoms with E-state index in [0.29, 0.717) is 6.42 Å². The van der Waals surface area contributed by atoms with Crippen LogP contribution in [0.1, 0.15) is 12.8 Å². The fourth-order valence-corrected chi connectivity index (χ4v) is 0.765. The molecule has 0 aromatic carbocycles. The molecule has 0 aliphatic rings. The Morgan fingerprint density at radius 1 is 1.25 bits per heavy atom. The van der Waals surface area contributed by atoms with Gasteiger partial charge in [-0.05, 0) is 0 Å². The third-order valence-corrected chi connectivity index (χ3v) is 1.53. The number of rotatable bonds is 3. The molecule has 0 heterocycles. The zero-order chi connectivity index (χ0) is 6.62. The Bertz CT molecular complexity index is 58.8. The second-order valence-corrected chi connectivity index (χ2v) is 3.01. The van der Waals surface area contributed by atoms with Gasteiger partial charge in [-0.25, -0.2) is 0 Å². The van der Waals surface area contributed by atoms with Gasteiger partial charge in [0.25, 0.3) is 0 Å². The predicted octanol–water partition coefficient (Wildman–Crippen LogP) is -1.12. The van der Waals surface area contributed by atoms with Gasteiger partial charge in [0.1, 0.15) is 0 Å². The monoisotopic (exact) mass is 176 g/mol. The van der Waals surface area contributed by atoms with Crippen molar-refractivity contribution in [3.05, 3.63) is 0 Å². The van der Waals surface area contributed by atoms with Crippen molar-refractivity contribution in [1.82, 2.24) is 0 Å². The molecule has 47 valence electrons. The van der Waals surface area contributed by atoms with Crippen molar-refractivity contribution >= 4 is 16.5 Å². The van der Waals surface area contributed by atoms with Crippen molar-refractivity contribution in [2.45, 2.75) is 23.9 Å². The summed E-state index contributed by atoms with van der Waals surface area (Å²) in [6, 6.07) is 0. The van der Waals surface area contributed by atoms with Gasteiger partial charge >= 0.3 is 57.6 Å². The summed E-state index contributed by atoms with van der Waals surface area (Å²) in [6.45, 7) is 0. The number of hydrogen-bond donors (Lipinski definition) is 3. The van der Waals surface area contributed by atoms with E-state index in [1.54, 1.807) is 0 Å². The number of nitrogens with two attached hydrogens (primary N) is 3. The summed E-state index contributed by atoms with van der Waals surface area (Å²) in [4.78, 5) is 0. The van der Waals surface area contributed by atoms with E-state index in [4.69, 9.17) is 17.2 Å². The summed E-state index contributed by atoms with van der Waals surface area (Å²) in [5.74, 6) is -0.948. The van der Waals surface area contributed by atoms with Crippen LogP contribution in [-0.2, 0) is 0 Å². The molecule has 0 saturated heterocycles. The molecule has 4 heteroatoms. The summed E-state index contributed by atoms with van der Waals surface area (Å²) >= 11 is 2.08. The fourth-order valence-electron chi connectivity index (χ4n) is 0.395. The molecule has 0 spiro atoms. The van der Waals surface area contributed by atoms with E-state index in [1.807, 2.05) is 0 Å². The summed E-state index contributed by atoms with van der Waals surface area (Å²) in [7, 11) is 0. The van der Waals surface area contributed by atoms with Crippen molar-refractivity contribution in [2.75, 3.05) is 0 Å². The minimum absolute atomic E-state index is 0.698. The van der Waals surface area contributed by atoms with Crippen molar-refractivity contribution in [2.24, 2.45) is 17.2 Å². The van der Waals surface area contributed by atoms with E-state index < -0.39 is 5.79 Å². The fraction of sp³-hybridized carbons (Fsp3) is 1.00. The van der Waals surface area contributed by atoms with Crippen LogP contribution in [0, 0.1) is 0 Å². The van der Waals surface area contributed by atoms with Gasteiger partial charge in [-0.3, -0.25) is 0 Å². The van der Waals surface area contributed by atoms with Gasteiger partial charge in [0, 0.05) is 0 Å². The van der Waals surface area contributed by atoms with Gasteiger partial charge in [-0.1, -0.05) is 0 Å². The molecular weight excluding hydrogens is 163 g/mol. The normalized spacial score (nSPS) is 12.0. The van der Waals surface area contributed by atoms with Gasteiger partial charge in [-0.2, -0.15) is 0 Å². The SMILES string of the molecule is NC(N)(N)CC[CH2][Ge]. The van der Waals surface area contributed by atoms with Crippen LogP contribution in [-0.4, -0.2) is 22.3 Å². The van der Waals surface area contributed by atoms with Crippen LogP contribution in [0.4, 0.5) is 0 Å². The van der Waals surface area contributed by atoms with E-state index in [-0.39, 0.29) is 0 Å². The first-order chi connectivity index (χ1) is 3.56. The number of hydrogen-bond acceptors (Lipinski definition) is 3.